The number of aromatic nitrogens is 3. The number of nitrogens with one attached hydrogen (secondary N) is 2. The van der Waals surface area contributed by atoms with Crippen LogP contribution in [0.1, 0.15) is 54.8 Å². The van der Waals surface area contributed by atoms with E-state index >= 15 is 0 Å². The van der Waals surface area contributed by atoms with Crippen LogP contribution in [-0.4, -0.2) is 57.9 Å². The van der Waals surface area contributed by atoms with Gasteiger partial charge in [0.2, 0.25) is 5.91 Å². The molecule has 2 atom stereocenters. The van der Waals surface area contributed by atoms with Crippen LogP contribution in [-0.2, 0) is 11.3 Å². The molecule has 2 saturated carbocycles. The van der Waals surface area contributed by atoms with Crippen LogP contribution in [0.25, 0.3) is 5.65 Å². The normalized spacial score (nSPS) is 20.8. The summed E-state index contributed by atoms with van der Waals surface area (Å²) in [5.41, 5.74) is 6.69. The number of fused-ring (bicyclic) bond motifs is 1. The predicted molar refractivity (Wildman–Crippen MR) is 164 cm³/mol. The van der Waals surface area contributed by atoms with Crippen molar-refractivity contribution >= 4 is 40.3 Å². The molecule has 4 heterocycles. The molecule has 1 saturated heterocycles. The zero-order valence-electron chi connectivity index (χ0n) is 23.4. The van der Waals surface area contributed by atoms with E-state index in [1.165, 1.54) is 24.1 Å². The maximum Gasteiger partial charge on any atom is 0.229 e. The molecular formula is C32H36ClN7O. The van der Waals surface area contributed by atoms with Crippen molar-refractivity contribution in [2.75, 3.05) is 48.3 Å². The zero-order chi connectivity index (χ0) is 27.9. The quantitative estimate of drug-likeness (QED) is 0.267. The molecule has 8 nitrogen and oxygen atoms in total. The highest BCUT2D eigenvalue weighted by Gasteiger charge is 2.44. The highest BCUT2D eigenvalue weighted by molar-refractivity contribution is 6.30. The maximum atomic E-state index is 12.9. The van der Waals surface area contributed by atoms with Crippen LogP contribution in [0.3, 0.4) is 0 Å². The van der Waals surface area contributed by atoms with Gasteiger partial charge in [-0.15, -0.1) is 0 Å². The van der Waals surface area contributed by atoms with Gasteiger partial charge < -0.3 is 24.8 Å². The van der Waals surface area contributed by atoms with Crippen LogP contribution in [0.4, 0.5) is 17.2 Å². The fourth-order valence-electron chi connectivity index (χ4n) is 6.03. The molecule has 0 unspecified atom stereocenters. The fourth-order valence-corrected chi connectivity index (χ4v) is 6.22. The number of hydrogen-bond acceptors (Lipinski definition) is 6. The largest absolute Gasteiger partial charge is 0.379 e. The summed E-state index contributed by atoms with van der Waals surface area (Å²) in [6, 6.07) is 14.0. The smallest absolute Gasteiger partial charge is 0.229 e. The zero-order valence-corrected chi connectivity index (χ0v) is 24.1. The van der Waals surface area contributed by atoms with Crippen molar-refractivity contribution in [1.29, 1.82) is 0 Å². The number of imidazole rings is 1. The summed E-state index contributed by atoms with van der Waals surface area (Å²) in [6.45, 7) is 8.17. The number of pyridine rings is 2. The van der Waals surface area contributed by atoms with E-state index in [2.05, 4.69) is 55.2 Å². The molecule has 2 aliphatic carbocycles. The van der Waals surface area contributed by atoms with E-state index in [4.69, 9.17) is 16.6 Å². The van der Waals surface area contributed by atoms with E-state index in [0.717, 1.165) is 61.7 Å². The second kappa shape index (κ2) is 11.0. The molecule has 4 aromatic rings. The minimum Gasteiger partial charge on any atom is -0.379 e. The van der Waals surface area contributed by atoms with Gasteiger partial charge in [0.1, 0.15) is 5.82 Å². The SMILES string of the molecule is CCN1CCN(c2cc(C3CC3)cn3cc(CNc4ccnc(NC(=O)[C@H]5C[C@@H]5c5cccc(Cl)c5)c4)nc23)CC1. The molecule has 3 fully saturated rings. The van der Waals surface area contributed by atoms with E-state index in [0.29, 0.717) is 23.3 Å². The molecule has 1 amide bonds. The Balaban J connectivity index is 1.02. The molecule has 3 aromatic heterocycles. The molecule has 41 heavy (non-hydrogen) atoms. The number of carbonyl (C=O) groups excluding carboxylic acids is 1. The van der Waals surface area contributed by atoms with Crippen LogP contribution in [0.5, 0.6) is 0 Å². The number of nitrogens with zero attached hydrogens (tertiary/aromatic N) is 5. The first-order valence-corrected chi connectivity index (χ1v) is 15.2. The van der Waals surface area contributed by atoms with Gasteiger partial charge in [-0.3, -0.25) is 4.79 Å². The average molecular weight is 570 g/mol. The first-order valence-electron chi connectivity index (χ1n) is 14.8. The molecule has 7 rings (SSSR count). The second-order valence-electron chi connectivity index (χ2n) is 11.6. The Kier molecular flexibility index (Phi) is 7.04. The van der Waals surface area contributed by atoms with Gasteiger partial charge in [-0.2, -0.15) is 0 Å². The Hall–Kier alpha value is -3.62. The Labute approximate surface area is 245 Å². The molecule has 2 N–H and O–H groups in total. The van der Waals surface area contributed by atoms with Crippen molar-refractivity contribution in [2.24, 2.45) is 5.92 Å². The monoisotopic (exact) mass is 569 g/mol. The number of piperazine rings is 1. The number of amides is 1. The minimum atomic E-state index is -0.0514. The lowest BCUT2D eigenvalue weighted by Gasteiger charge is -2.35. The van der Waals surface area contributed by atoms with Crippen LogP contribution in [0, 0.1) is 5.92 Å². The summed E-state index contributed by atoms with van der Waals surface area (Å²) in [4.78, 5) is 27.3. The summed E-state index contributed by atoms with van der Waals surface area (Å²) >= 11 is 6.14. The van der Waals surface area contributed by atoms with Gasteiger partial charge in [-0.25, -0.2) is 9.97 Å². The number of halogens is 1. The number of likely N-dealkylation sites (N-methyl/N-ethyl adjacent to an activating group) is 1. The van der Waals surface area contributed by atoms with Gasteiger partial charge >= 0.3 is 0 Å². The van der Waals surface area contributed by atoms with Crippen molar-refractivity contribution in [3.63, 3.8) is 0 Å². The number of benzene rings is 1. The average Bonchev–Trinajstić information content (AvgIpc) is 3.92. The second-order valence-corrected chi connectivity index (χ2v) is 12.0. The van der Waals surface area contributed by atoms with Crippen LogP contribution >= 0.6 is 11.6 Å². The van der Waals surface area contributed by atoms with Crippen LogP contribution in [0.2, 0.25) is 5.02 Å². The molecule has 1 aliphatic heterocycles. The predicted octanol–water partition coefficient (Wildman–Crippen LogP) is 5.76. The summed E-state index contributed by atoms with van der Waals surface area (Å²) < 4.78 is 2.22. The lowest BCUT2D eigenvalue weighted by atomic mass is 10.1. The first-order chi connectivity index (χ1) is 20.0. The molecule has 0 spiro atoms. The van der Waals surface area contributed by atoms with Crippen molar-refractivity contribution in [1.82, 2.24) is 19.3 Å². The van der Waals surface area contributed by atoms with E-state index in [9.17, 15) is 4.79 Å². The van der Waals surface area contributed by atoms with E-state index in [1.54, 1.807) is 6.20 Å². The number of carbonyl (C=O) groups is 1. The standard InChI is InChI=1S/C32H36ClN7O/c1-2-38-10-12-39(13-11-38)29-15-23(21-6-7-21)19-40-20-26(36-31(29)40)18-35-25-8-9-34-30(16-25)37-32(41)28-17-27(28)22-4-3-5-24(33)14-22/h3-5,8-9,14-16,19-21,27-28H,2,6-7,10-13,17-18H2,1H3,(H2,34,35,37,41)/t27-,28+/m1/s1. The highest BCUT2D eigenvalue weighted by atomic mass is 35.5. The van der Waals surface area contributed by atoms with Crippen LogP contribution in [0.15, 0.2) is 61.1 Å². The molecule has 1 aromatic carbocycles. The maximum absolute atomic E-state index is 12.9. The van der Waals surface area contributed by atoms with Crippen molar-refractivity contribution in [3.8, 4) is 0 Å². The summed E-state index contributed by atoms with van der Waals surface area (Å²) in [5, 5.41) is 7.18. The Morgan fingerprint density at radius 1 is 1.05 bits per heavy atom. The minimum absolute atomic E-state index is 0.00116. The molecule has 212 valence electrons. The number of anilines is 3. The van der Waals surface area contributed by atoms with E-state index < -0.39 is 0 Å². The summed E-state index contributed by atoms with van der Waals surface area (Å²) in [6.07, 6.45) is 9.52. The molecule has 0 radical (unpaired) electrons. The Morgan fingerprint density at radius 2 is 1.90 bits per heavy atom. The van der Waals surface area contributed by atoms with E-state index in [1.807, 2.05) is 36.4 Å². The third-order valence-corrected chi connectivity index (χ3v) is 8.94. The van der Waals surface area contributed by atoms with Gasteiger partial charge in [0, 0.05) is 67.5 Å². The Morgan fingerprint density at radius 3 is 2.68 bits per heavy atom. The van der Waals surface area contributed by atoms with Crippen molar-refractivity contribution in [2.45, 2.75) is 44.6 Å². The van der Waals surface area contributed by atoms with Crippen LogP contribution < -0.4 is 15.5 Å². The molecule has 3 aliphatic rings. The Bertz CT molecular complexity index is 1570. The first kappa shape index (κ1) is 26.3. The molecule has 0 bridgehead atoms. The molecule has 9 heteroatoms. The number of rotatable bonds is 9. The third kappa shape index (κ3) is 5.76. The fraction of sp³-hybridized carbons (Fsp3) is 0.406. The number of hydrogen-bond donors (Lipinski definition) is 2. The van der Waals surface area contributed by atoms with Gasteiger partial charge in [0.25, 0.3) is 0 Å². The highest BCUT2D eigenvalue weighted by Crippen LogP contribution is 2.48. The lowest BCUT2D eigenvalue weighted by Crippen LogP contribution is -2.46. The van der Waals surface area contributed by atoms with Crippen molar-refractivity contribution < 1.29 is 4.79 Å². The van der Waals surface area contributed by atoms with Crippen molar-refractivity contribution in [3.05, 3.63) is 82.9 Å². The molecular weight excluding hydrogens is 534 g/mol. The summed E-state index contributed by atoms with van der Waals surface area (Å²) in [7, 11) is 0. The van der Waals surface area contributed by atoms with Gasteiger partial charge in [0.15, 0.2) is 5.65 Å². The third-order valence-electron chi connectivity index (χ3n) is 8.70. The van der Waals surface area contributed by atoms with Gasteiger partial charge in [-0.1, -0.05) is 30.7 Å². The summed E-state index contributed by atoms with van der Waals surface area (Å²) in [5.74, 6) is 1.39. The topological polar surface area (TPSA) is 77.8 Å². The van der Waals surface area contributed by atoms with E-state index in [-0.39, 0.29) is 17.7 Å². The lowest BCUT2D eigenvalue weighted by molar-refractivity contribution is -0.117. The van der Waals surface area contributed by atoms with Gasteiger partial charge in [-0.05, 0) is 73.0 Å². The van der Waals surface area contributed by atoms with Gasteiger partial charge in [0.05, 0.1) is 17.9 Å².